The van der Waals surface area contributed by atoms with E-state index in [9.17, 15) is 4.79 Å². The zero-order valence-electron chi connectivity index (χ0n) is 13.3. The van der Waals surface area contributed by atoms with E-state index in [2.05, 4.69) is 20.8 Å². The van der Waals surface area contributed by atoms with Crippen molar-refractivity contribution in [1.82, 2.24) is 4.90 Å². The molecular weight excluding hydrogens is 365 g/mol. The highest BCUT2D eigenvalue weighted by Crippen LogP contribution is 2.37. The molecule has 0 aliphatic heterocycles. The molecule has 0 atom stereocenters. The Labute approximate surface area is 142 Å². The van der Waals surface area contributed by atoms with Gasteiger partial charge in [0, 0.05) is 29.8 Å². The molecule has 0 radical (unpaired) electrons. The van der Waals surface area contributed by atoms with Gasteiger partial charge in [0.1, 0.15) is 0 Å². The molecule has 1 aromatic carbocycles. The normalized spacial score (nSPS) is 11.3. The van der Waals surface area contributed by atoms with Gasteiger partial charge in [-0.25, -0.2) is 0 Å². The molecule has 0 spiro atoms. The van der Waals surface area contributed by atoms with Crippen LogP contribution < -0.4 is 0 Å². The standard InChI is InChI=1S/C16H23BrNO3P/c1-4-20-22(21-5-2)11-10-18(3)9-8-14-12-16(17)7-6-15(14)13-19/h6-9,12-13H,4-5,10-11H2,1-3H3/b9-8-. The molecule has 0 aliphatic rings. The molecule has 4 nitrogen and oxygen atoms in total. The van der Waals surface area contributed by atoms with Crippen LogP contribution in [0.15, 0.2) is 28.9 Å². The highest BCUT2D eigenvalue weighted by Gasteiger charge is 2.09. The molecule has 22 heavy (non-hydrogen) atoms. The van der Waals surface area contributed by atoms with Gasteiger partial charge >= 0.3 is 0 Å². The second-order valence-electron chi connectivity index (χ2n) is 4.58. The molecule has 0 amide bonds. The van der Waals surface area contributed by atoms with E-state index in [-0.39, 0.29) is 0 Å². The maximum atomic E-state index is 11.0. The van der Waals surface area contributed by atoms with Gasteiger partial charge in [-0.15, -0.1) is 0 Å². The van der Waals surface area contributed by atoms with E-state index in [1.165, 1.54) is 0 Å². The smallest absolute Gasteiger partial charge is 0.172 e. The van der Waals surface area contributed by atoms with Crippen LogP contribution in [0.4, 0.5) is 0 Å². The highest BCUT2D eigenvalue weighted by molar-refractivity contribution is 9.10. The van der Waals surface area contributed by atoms with Crippen molar-refractivity contribution in [2.45, 2.75) is 13.8 Å². The molecule has 0 unspecified atom stereocenters. The molecule has 0 aliphatic carbocycles. The summed E-state index contributed by atoms with van der Waals surface area (Å²) in [5.74, 6) is 0. The molecule has 6 heteroatoms. The van der Waals surface area contributed by atoms with Crippen LogP contribution in [0.1, 0.15) is 29.8 Å². The molecule has 0 N–H and O–H groups in total. The fourth-order valence-corrected chi connectivity index (χ4v) is 3.54. The van der Waals surface area contributed by atoms with E-state index < -0.39 is 8.38 Å². The lowest BCUT2D eigenvalue weighted by Gasteiger charge is -2.19. The van der Waals surface area contributed by atoms with Gasteiger partial charge in [-0.2, -0.15) is 0 Å². The maximum absolute atomic E-state index is 11.0. The summed E-state index contributed by atoms with van der Waals surface area (Å²) in [6, 6.07) is 5.60. The van der Waals surface area contributed by atoms with Crippen molar-refractivity contribution in [1.29, 1.82) is 0 Å². The third-order valence-electron chi connectivity index (χ3n) is 2.87. The third kappa shape index (κ3) is 7.01. The summed E-state index contributed by atoms with van der Waals surface area (Å²) >= 11 is 3.42. The number of nitrogens with zero attached hydrogens (tertiary/aromatic N) is 1. The molecule has 1 rings (SSSR count). The minimum atomic E-state index is -0.812. The number of aldehydes is 1. The number of hydrogen-bond donors (Lipinski definition) is 0. The highest BCUT2D eigenvalue weighted by atomic mass is 79.9. The molecule has 0 heterocycles. The third-order valence-corrected chi connectivity index (χ3v) is 5.02. The van der Waals surface area contributed by atoms with Crippen LogP contribution in [0.3, 0.4) is 0 Å². The number of hydrogen-bond acceptors (Lipinski definition) is 4. The quantitative estimate of drug-likeness (QED) is 0.436. The van der Waals surface area contributed by atoms with Crippen molar-refractivity contribution in [2.75, 3.05) is 33.0 Å². The Morgan fingerprint density at radius 1 is 1.23 bits per heavy atom. The van der Waals surface area contributed by atoms with Gasteiger partial charge in [-0.05, 0) is 49.9 Å². The summed E-state index contributed by atoms with van der Waals surface area (Å²) < 4.78 is 12.1. The Balaban J connectivity index is 2.58. The van der Waals surface area contributed by atoms with Crippen LogP contribution >= 0.6 is 24.3 Å². The number of halogens is 1. The van der Waals surface area contributed by atoms with Crippen LogP contribution in [0.2, 0.25) is 0 Å². The summed E-state index contributed by atoms with van der Waals surface area (Å²) in [7, 11) is 1.19. The van der Waals surface area contributed by atoms with Crippen LogP contribution in [0.5, 0.6) is 0 Å². The SMILES string of the molecule is CCOP(CCN(C)/C=C\c1cc(Br)ccc1C=O)OCC. The largest absolute Gasteiger partial charge is 0.380 e. The lowest BCUT2D eigenvalue weighted by molar-refractivity contribution is 0.112. The van der Waals surface area contributed by atoms with Gasteiger partial charge < -0.3 is 13.9 Å². The molecule has 0 bridgehead atoms. The van der Waals surface area contributed by atoms with Crippen LogP contribution in [0.25, 0.3) is 6.08 Å². The fourth-order valence-electron chi connectivity index (χ4n) is 1.77. The summed E-state index contributed by atoms with van der Waals surface area (Å²) in [5, 5.41) is 0. The van der Waals surface area contributed by atoms with Crippen LogP contribution in [-0.4, -0.2) is 44.2 Å². The van der Waals surface area contributed by atoms with Gasteiger partial charge in [-0.3, -0.25) is 4.79 Å². The van der Waals surface area contributed by atoms with Gasteiger partial charge in [0.2, 0.25) is 0 Å². The van der Waals surface area contributed by atoms with Gasteiger partial charge in [0.15, 0.2) is 14.7 Å². The molecule has 1 aromatic rings. The predicted molar refractivity (Wildman–Crippen MR) is 96.2 cm³/mol. The summed E-state index contributed by atoms with van der Waals surface area (Å²) in [6.07, 6.45) is 5.64. The summed E-state index contributed by atoms with van der Waals surface area (Å²) in [5.41, 5.74) is 1.58. The number of carbonyl (C=O) groups excluding carboxylic acids is 1. The zero-order chi connectivity index (χ0) is 16.4. The fraction of sp³-hybridized carbons (Fsp3) is 0.438. The van der Waals surface area contributed by atoms with E-state index >= 15 is 0 Å². The van der Waals surface area contributed by atoms with E-state index in [0.717, 1.165) is 29.0 Å². The minimum absolute atomic E-state index is 0.673. The molecular formula is C16H23BrNO3P. The molecule has 0 aromatic heterocycles. The Morgan fingerprint density at radius 3 is 2.50 bits per heavy atom. The first kappa shape index (κ1) is 19.3. The average Bonchev–Trinajstić information content (AvgIpc) is 2.51. The number of carbonyl (C=O) groups is 1. The van der Waals surface area contributed by atoms with Crippen LogP contribution in [-0.2, 0) is 9.05 Å². The Hall–Kier alpha value is -0.740. The van der Waals surface area contributed by atoms with Gasteiger partial charge in [0.25, 0.3) is 0 Å². The Bertz CT molecular complexity index is 490. The number of benzene rings is 1. The van der Waals surface area contributed by atoms with Crippen molar-refractivity contribution < 1.29 is 13.8 Å². The first-order chi connectivity index (χ1) is 10.6. The molecule has 0 saturated heterocycles. The lowest BCUT2D eigenvalue weighted by atomic mass is 10.1. The van der Waals surface area contributed by atoms with Gasteiger partial charge in [0.05, 0.1) is 13.2 Å². The topological polar surface area (TPSA) is 38.8 Å². The Morgan fingerprint density at radius 2 is 1.91 bits per heavy atom. The van der Waals surface area contributed by atoms with Crippen molar-refractivity contribution in [3.8, 4) is 0 Å². The van der Waals surface area contributed by atoms with Crippen molar-refractivity contribution in [3.63, 3.8) is 0 Å². The van der Waals surface area contributed by atoms with Crippen molar-refractivity contribution in [3.05, 3.63) is 40.0 Å². The first-order valence-corrected chi connectivity index (χ1v) is 9.42. The van der Waals surface area contributed by atoms with Crippen molar-refractivity contribution >= 4 is 36.7 Å². The summed E-state index contributed by atoms with van der Waals surface area (Å²) in [6.45, 7) is 6.14. The molecule has 0 fully saturated rings. The monoisotopic (exact) mass is 387 g/mol. The predicted octanol–water partition coefficient (Wildman–Crippen LogP) is 4.55. The molecule has 122 valence electrons. The zero-order valence-corrected chi connectivity index (χ0v) is 15.8. The molecule has 0 saturated carbocycles. The van der Waals surface area contributed by atoms with E-state index in [4.69, 9.17) is 9.05 Å². The van der Waals surface area contributed by atoms with Gasteiger partial charge in [-0.1, -0.05) is 15.9 Å². The summed E-state index contributed by atoms with van der Waals surface area (Å²) in [4.78, 5) is 13.1. The second kappa shape index (κ2) is 10.9. The minimum Gasteiger partial charge on any atom is -0.380 e. The Kier molecular flexibility index (Phi) is 9.56. The van der Waals surface area contributed by atoms with Crippen molar-refractivity contribution in [2.24, 2.45) is 0 Å². The van der Waals surface area contributed by atoms with Crippen LogP contribution in [0, 0.1) is 0 Å². The lowest BCUT2D eigenvalue weighted by Crippen LogP contribution is -2.16. The van der Waals surface area contributed by atoms with E-state index in [1.807, 2.05) is 45.3 Å². The van der Waals surface area contributed by atoms with E-state index in [0.29, 0.717) is 18.8 Å². The maximum Gasteiger partial charge on any atom is 0.172 e. The average molecular weight is 388 g/mol. The number of rotatable bonds is 10. The van der Waals surface area contributed by atoms with E-state index in [1.54, 1.807) is 6.07 Å². The first-order valence-electron chi connectivity index (χ1n) is 7.27. The second-order valence-corrected chi connectivity index (χ2v) is 7.12.